The number of carbonyl (C=O) groups is 3. The lowest BCUT2D eigenvalue weighted by atomic mass is 9.92. The van der Waals surface area contributed by atoms with Crippen LogP contribution in [0.2, 0.25) is 0 Å². The zero-order chi connectivity index (χ0) is 29.7. The minimum Gasteiger partial charge on any atom is -0.444 e. The molecule has 0 aliphatic heterocycles. The summed E-state index contributed by atoms with van der Waals surface area (Å²) in [6.07, 6.45) is -0.256. The van der Waals surface area contributed by atoms with Gasteiger partial charge in [0, 0.05) is 11.7 Å². The number of nitrogens with zero attached hydrogens (tertiary/aromatic N) is 1. The number of benzene rings is 2. The Bertz CT molecular complexity index is 1140. The van der Waals surface area contributed by atoms with Gasteiger partial charge in [-0.2, -0.15) is 0 Å². The van der Waals surface area contributed by atoms with Gasteiger partial charge in [-0.25, -0.2) is 4.79 Å². The predicted molar refractivity (Wildman–Crippen MR) is 158 cm³/mol. The first kappa shape index (κ1) is 31.9. The van der Waals surface area contributed by atoms with Crippen molar-refractivity contribution in [2.24, 2.45) is 5.92 Å². The Morgan fingerprint density at radius 3 is 1.77 bits per heavy atom. The molecule has 39 heavy (non-hydrogen) atoms. The maximum absolute atomic E-state index is 14.3. The average Bonchev–Trinajstić information content (AvgIpc) is 2.78. The van der Waals surface area contributed by atoms with E-state index in [9.17, 15) is 14.4 Å². The number of carbonyl (C=O) groups excluding carboxylic acids is 3. The standard InChI is InChI=1S/C32H47N3O4/c1-19(2)18-25(33-31(38)39-32(9,10)11)30(37)35(20(3)4)28(26-21(5)14-12-15-22(26)6)29(36)34-27-23(7)16-13-17-24(27)8/h12-17,19-20,25,28H,18H2,1-11H3,(H,33,38)(H,34,36). The van der Waals surface area contributed by atoms with Crippen molar-refractivity contribution in [2.75, 3.05) is 5.32 Å². The van der Waals surface area contributed by atoms with Crippen LogP contribution in [0.5, 0.6) is 0 Å². The fourth-order valence-electron chi connectivity index (χ4n) is 4.86. The largest absolute Gasteiger partial charge is 0.444 e. The molecule has 0 heterocycles. The minimum atomic E-state index is -0.909. The van der Waals surface area contributed by atoms with Gasteiger partial charge in [0.25, 0.3) is 5.91 Å². The van der Waals surface area contributed by atoms with Crippen LogP contribution in [-0.2, 0) is 14.3 Å². The molecule has 7 nitrogen and oxygen atoms in total. The lowest BCUT2D eigenvalue weighted by Gasteiger charge is -2.38. The Morgan fingerprint density at radius 2 is 1.33 bits per heavy atom. The summed E-state index contributed by atoms with van der Waals surface area (Å²) in [5.41, 5.74) is 4.51. The molecule has 2 N–H and O–H groups in total. The Kier molecular flexibility index (Phi) is 10.7. The van der Waals surface area contributed by atoms with Crippen LogP contribution >= 0.6 is 0 Å². The summed E-state index contributed by atoms with van der Waals surface area (Å²) >= 11 is 0. The van der Waals surface area contributed by atoms with Gasteiger partial charge in [0.05, 0.1) is 0 Å². The van der Waals surface area contributed by atoms with Crippen LogP contribution in [0.3, 0.4) is 0 Å². The molecule has 7 heteroatoms. The first-order valence-corrected chi connectivity index (χ1v) is 13.8. The highest BCUT2D eigenvalue weighted by molar-refractivity contribution is 6.00. The number of alkyl carbamates (subject to hydrolysis) is 1. The molecule has 0 radical (unpaired) electrons. The highest BCUT2D eigenvalue weighted by Crippen LogP contribution is 2.32. The monoisotopic (exact) mass is 537 g/mol. The lowest BCUT2D eigenvalue weighted by molar-refractivity contribution is -0.143. The van der Waals surface area contributed by atoms with E-state index in [1.807, 2.05) is 91.8 Å². The topological polar surface area (TPSA) is 87.7 Å². The molecule has 2 aromatic carbocycles. The summed E-state index contributed by atoms with van der Waals surface area (Å²) in [5, 5.41) is 5.93. The second-order valence-corrected chi connectivity index (χ2v) is 12.1. The Balaban J connectivity index is 2.64. The number of ether oxygens (including phenoxy) is 1. The molecule has 0 saturated carbocycles. The van der Waals surface area contributed by atoms with Crippen LogP contribution < -0.4 is 10.6 Å². The van der Waals surface area contributed by atoms with Crippen LogP contribution in [0.15, 0.2) is 36.4 Å². The van der Waals surface area contributed by atoms with E-state index in [-0.39, 0.29) is 23.8 Å². The van der Waals surface area contributed by atoms with Gasteiger partial charge in [-0.3, -0.25) is 9.59 Å². The number of nitrogens with one attached hydrogen (secondary N) is 2. The minimum absolute atomic E-state index is 0.116. The van der Waals surface area contributed by atoms with Gasteiger partial charge in [0.2, 0.25) is 5.91 Å². The van der Waals surface area contributed by atoms with Gasteiger partial charge in [-0.15, -0.1) is 0 Å². The molecular weight excluding hydrogens is 490 g/mol. The third-order valence-corrected chi connectivity index (χ3v) is 6.58. The van der Waals surface area contributed by atoms with E-state index in [0.717, 1.165) is 33.5 Å². The van der Waals surface area contributed by atoms with Crippen molar-refractivity contribution in [1.82, 2.24) is 10.2 Å². The van der Waals surface area contributed by atoms with Gasteiger partial charge in [-0.1, -0.05) is 50.2 Å². The molecule has 0 saturated heterocycles. The quantitative estimate of drug-likeness (QED) is 0.369. The van der Waals surface area contributed by atoms with Crippen molar-refractivity contribution in [3.63, 3.8) is 0 Å². The molecule has 2 atom stereocenters. The Labute approximate surface area is 234 Å². The third-order valence-electron chi connectivity index (χ3n) is 6.58. The van der Waals surface area contributed by atoms with Crippen molar-refractivity contribution in [1.29, 1.82) is 0 Å². The summed E-state index contributed by atoms with van der Waals surface area (Å²) in [6, 6.07) is 9.60. The summed E-state index contributed by atoms with van der Waals surface area (Å²) in [4.78, 5) is 42.9. The number of hydrogen-bond acceptors (Lipinski definition) is 4. The van der Waals surface area contributed by atoms with Crippen LogP contribution in [-0.4, -0.2) is 40.5 Å². The fraction of sp³-hybridized carbons (Fsp3) is 0.531. The fourth-order valence-corrected chi connectivity index (χ4v) is 4.86. The highest BCUT2D eigenvalue weighted by Gasteiger charge is 2.39. The molecule has 2 aromatic rings. The molecule has 3 amide bonds. The van der Waals surface area contributed by atoms with E-state index in [4.69, 9.17) is 4.74 Å². The van der Waals surface area contributed by atoms with Crippen LogP contribution in [0.4, 0.5) is 10.5 Å². The van der Waals surface area contributed by atoms with E-state index in [0.29, 0.717) is 6.42 Å². The van der Waals surface area contributed by atoms with Crippen LogP contribution in [0.1, 0.15) is 88.7 Å². The predicted octanol–water partition coefficient (Wildman–Crippen LogP) is 6.78. The van der Waals surface area contributed by atoms with Crippen molar-refractivity contribution in [3.05, 3.63) is 64.2 Å². The van der Waals surface area contributed by atoms with Gasteiger partial charge in [0.1, 0.15) is 17.7 Å². The molecule has 214 valence electrons. The zero-order valence-electron chi connectivity index (χ0n) is 25.6. The number of amides is 3. The second kappa shape index (κ2) is 13.1. The van der Waals surface area contributed by atoms with Gasteiger partial charge < -0.3 is 20.3 Å². The van der Waals surface area contributed by atoms with Crippen molar-refractivity contribution < 1.29 is 19.1 Å². The molecule has 0 spiro atoms. The third kappa shape index (κ3) is 8.57. The number of para-hydroxylation sites is 1. The zero-order valence-corrected chi connectivity index (χ0v) is 25.6. The first-order chi connectivity index (χ1) is 18.0. The number of aryl methyl sites for hydroxylation is 4. The van der Waals surface area contributed by atoms with Crippen molar-refractivity contribution in [2.45, 2.75) is 106 Å². The lowest BCUT2D eigenvalue weighted by Crippen LogP contribution is -2.55. The van der Waals surface area contributed by atoms with E-state index in [1.165, 1.54) is 0 Å². The normalized spacial score (nSPS) is 13.2. The van der Waals surface area contributed by atoms with E-state index >= 15 is 0 Å². The maximum Gasteiger partial charge on any atom is 0.408 e. The average molecular weight is 538 g/mol. The number of anilines is 1. The number of rotatable bonds is 9. The summed E-state index contributed by atoms with van der Waals surface area (Å²) < 4.78 is 5.48. The maximum atomic E-state index is 14.3. The summed E-state index contributed by atoms with van der Waals surface area (Å²) in [5.74, 6) is -0.508. The van der Waals surface area contributed by atoms with Crippen molar-refractivity contribution in [3.8, 4) is 0 Å². The van der Waals surface area contributed by atoms with Gasteiger partial charge in [0.15, 0.2) is 0 Å². The van der Waals surface area contributed by atoms with Gasteiger partial charge >= 0.3 is 6.09 Å². The molecule has 0 aromatic heterocycles. The van der Waals surface area contributed by atoms with E-state index in [1.54, 1.807) is 25.7 Å². The van der Waals surface area contributed by atoms with Crippen molar-refractivity contribution >= 4 is 23.6 Å². The molecule has 0 aliphatic carbocycles. The van der Waals surface area contributed by atoms with Crippen LogP contribution in [0.25, 0.3) is 0 Å². The molecule has 2 unspecified atom stereocenters. The van der Waals surface area contributed by atoms with Gasteiger partial charge in [-0.05, 0) is 102 Å². The van der Waals surface area contributed by atoms with E-state index in [2.05, 4.69) is 10.6 Å². The smallest absolute Gasteiger partial charge is 0.408 e. The molecule has 0 aliphatic rings. The second-order valence-electron chi connectivity index (χ2n) is 12.1. The highest BCUT2D eigenvalue weighted by atomic mass is 16.6. The Hall–Kier alpha value is -3.35. The summed E-state index contributed by atoms with van der Waals surface area (Å²) in [7, 11) is 0. The molecule has 0 fully saturated rings. The SMILES string of the molecule is Cc1cccc(C)c1NC(=O)C(c1c(C)cccc1C)N(C(=O)C(CC(C)C)NC(=O)OC(C)(C)C)C(C)C. The first-order valence-electron chi connectivity index (χ1n) is 13.8. The van der Waals surface area contributed by atoms with Crippen LogP contribution in [0, 0.1) is 33.6 Å². The molecule has 0 bridgehead atoms. The van der Waals surface area contributed by atoms with E-state index < -0.39 is 23.8 Å². The number of hydrogen-bond donors (Lipinski definition) is 2. The summed E-state index contributed by atoms with van der Waals surface area (Å²) in [6.45, 7) is 20.9. The Morgan fingerprint density at radius 1 is 0.846 bits per heavy atom. The molecular formula is C32H47N3O4. The molecule has 2 rings (SSSR count).